The van der Waals surface area contributed by atoms with Crippen molar-refractivity contribution >= 4 is 32.4 Å². The number of halogens is 3. The molecule has 106 valence electrons. The molecule has 3 aromatic rings. The molecule has 0 spiro atoms. The first-order valence-corrected chi connectivity index (χ1v) is 7.14. The lowest BCUT2D eigenvalue weighted by atomic mass is 10.1. The largest absolute Gasteiger partial charge is 0.378 e. The van der Waals surface area contributed by atoms with Gasteiger partial charge >= 0.3 is 0 Å². The van der Waals surface area contributed by atoms with Crippen LogP contribution in [0.1, 0.15) is 5.56 Å². The number of nitrogens with one attached hydrogen (secondary N) is 1. The first-order valence-electron chi connectivity index (χ1n) is 6.35. The van der Waals surface area contributed by atoms with Gasteiger partial charge in [0.15, 0.2) is 0 Å². The molecule has 1 N–H and O–H groups in total. The maximum atomic E-state index is 13.8. The fourth-order valence-corrected chi connectivity index (χ4v) is 2.79. The molecule has 0 aliphatic heterocycles. The van der Waals surface area contributed by atoms with Gasteiger partial charge < -0.3 is 5.32 Å². The number of fused-ring (bicyclic) bond motifs is 1. The maximum Gasteiger partial charge on any atom is 0.150 e. The van der Waals surface area contributed by atoms with Gasteiger partial charge in [0.1, 0.15) is 11.6 Å². The van der Waals surface area contributed by atoms with E-state index < -0.39 is 11.6 Å². The van der Waals surface area contributed by atoms with Crippen LogP contribution in [0.5, 0.6) is 0 Å². The zero-order valence-corrected chi connectivity index (χ0v) is 12.5. The number of anilines is 1. The number of pyridine rings is 1. The number of benzene rings is 2. The Kier molecular flexibility index (Phi) is 3.84. The van der Waals surface area contributed by atoms with Crippen LogP contribution in [0.2, 0.25) is 0 Å². The van der Waals surface area contributed by atoms with E-state index in [9.17, 15) is 8.78 Å². The SMILES string of the molecule is Fc1cc(F)c(NCc2cccc3cnccc23)c(Br)c1. The standard InChI is InChI=1S/C16H11BrF2N2/c17-14-6-12(18)7-15(19)16(14)21-9-11-3-1-2-10-8-20-5-4-13(10)11/h1-8,21H,9H2. The van der Waals surface area contributed by atoms with Gasteiger partial charge in [0.25, 0.3) is 0 Å². The molecule has 0 atom stereocenters. The predicted octanol–water partition coefficient (Wildman–Crippen LogP) is 4.89. The Morgan fingerprint density at radius 3 is 2.81 bits per heavy atom. The molecule has 1 aromatic heterocycles. The normalized spacial score (nSPS) is 10.8. The zero-order chi connectivity index (χ0) is 14.8. The van der Waals surface area contributed by atoms with E-state index in [-0.39, 0.29) is 5.69 Å². The van der Waals surface area contributed by atoms with Crippen molar-refractivity contribution in [2.45, 2.75) is 6.54 Å². The molecule has 2 aromatic carbocycles. The Morgan fingerprint density at radius 2 is 2.00 bits per heavy atom. The lowest BCUT2D eigenvalue weighted by Gasteiger charge is -2.11. The Labute approximate surface area is 129 Å². The third-order valence-corrected chi connectivity index (χ3v) is 3.86. The summed E-state index contributed by atoms with van der Waals surface area (Å²) in [5, 5.41) is 5.09. The summed E-state index contributed by atoms with van der Waals surface area (Å²) >= 11 is 3.17. The van der Waals surface area contributed by atoms with Gasteiger partial charge in [0.2, 0.25) is 0 Å². The Hall–Kier alpha value is -2.01. The van der Waals surface area contributed by atoms with Gasteiger partial charge in [0, 0.05) is 34.9 Å². The van der Waals surface area contributed by atoms with Gasteiger partial charge in [0.05, 0.1) is 5.69 Å². The number of aromatic nitrogens is 1. The van der Waals surface area contributed by atoms with E-state index in [1.807, 2.05) is 24.3 Å². The average molecular weight is 349 g/mol. The lowest BCUT2D eigenvalue weighted by Crippen LogP contribution is -2.03. The van der Waals surface area contributed by atoms with E-state index in [0.29, 0.717) is 11.0 Å². The van der Waals surface area contributed by atoms with Gasteiger partial charge in [-0.1, -0.05) is 18.2 Å². The van der Waals surface area contributed by atoms with Gasteiger partial charge in [-0.3, -0.25) is 4.98 Å². The van der Waals surface area contributed by atoms with Crippen LogP contribution in [-0.2, 0) is 6.54 Å². The first kappa shape index (κ1) is 13.9. The Bertz CT molecular complexity index is 777. The highest BCUT2D eigenvalue weighted by atomic mass is 79.9. The van der Waals surface area contributed by atoms with Crippen LogP contribution >= 0.6 is 15.9 Å². The minimum absolute atomic E-state index is 0.252. The van der Waals surface area contributed by atoms with E-state index >= 15 is 0 Å². The Balaban J connectivity index is 1.91. The molecular weight excluding hydrogens is 338 g/mol. The number of rotatable bonds is 3. The first-order chi connectivity index (χ1) is 10.1. The molecule has 0 aliphatic rings. The van der Waals surface area contributed by atoms with Crippen molar-refractivity contribution < 1.29 is 8.78 Å². The number of hydrogen-bond acceptors (Lipinski definition) is 2. The molecule has 5 heteroatoms. The molecule has 0 radical (unpaired) electrons. The second-order valence-electron chi connectivity index (χ2n) is 4.61. The quantitative estimate of drug-likeness (QED) is 0.728. The van der Waals surface area contributed by atoms with Gasteiger partial charge in [-0.25, -0.2) is 8.78 Å². The van der Waals surface area contributed by atoms with E-state index in [2.05, 4.69) is 26.2 Å². The van der Waals surface area contributed by atoms with E-state index in [1.54, 1.807) is 12.4 Å². The summed E-state index contributed by atoms with van der Waals surface area (Å²) < 4.78 is 27.2. The van der Waals surface area contributed by atoms with Crippen LogP contribution in [0, 0.1) is 11.6 Å². The molecule has 3 rings (SSSR count). The van der Waals surface area contributed by atoms with Crippen LogP contribution in [0.4, 0.5) is 14.5 Å². The van der Waals surface area contributed by atoms with Crippen LogP contribution in [0.15, 0.2) is 53.3 Å². The molecule has 0 aliphatic carbocycles. The summed E-state index contributed by atoms with van der Waals surface area (Å²) in [7, 11) is 0. The van der Waals surface area contributed by atoms with Crippen molar-refractivity contribution in [3.05, 3.63) is 70.5 Å². The van der Waals surface area contributed by atoms with Crippen molar-refractivity contribution in [1.82, 2.24) is 4.98 Å². The van der Waals surface area contributed by atoms with Gasteiger partial charge in [-0.05, 0) is 39.0 Å². The number of nitrogens with zero attached hydrogens (tertiary/aromatic N) is 1. The second kappa shape index (κ2) is 5.77. The summed E-state index contributed by atoms with van der Waals surface area (Å²) in [6, 6.07) is 9.88. The highest BCUT2D eigenvalue weighted by molar-refractivity contribution is 9.10. The molecule has 0 fully saturated rings. The highest BCUT2D eigenvalue weighted by Gasteiger charge is 2.10. The fourth-order valence-electron chi connectivity index (χ4n) is 2.24. The van der Waals surface area contributed by atoms with Crippen LogP contribution in [0.3, 0.4) is 0 Å². The topological polar surface area (TPSA) is 24.9 Å². The smallest absolute Gasteiger partial charge is 0.150 e. The molecule has 21 heavy (non-hydrogen) atoms. The van der Waals surface area contributed by atoms with Crippen LogP contribution < -0.4 is 5.32 Å². The minimum atomic E-state index is -0.622. The fraction of sp³-hybridized carbons (Fsp3) is 0.0625. The summed E-state index contributed by atoms with van der Waals surface area (Å²) in [5.74, 6) is -1.23. The molecule has 0 saturated heterocycles. The molecule has 0 saturated carbocycles. The Morgan fingerprint density at radius 1 is 1.14 bits per heavy atom. The van der Waals surface area contributed by atoms with Crippen molar-refractivity contribution in [1.29, 1.82) is 0 Å². The van der Waals surface area contributed by atoms with Gasteiger partial charge in [-0.2, -0.15) is 0 Å². The zero-order valence-electron chi connectivity index (χ0n) is 10.9. The third kappa shape index (κ3) is 2.88. The van der Waals surface area contributed by atoms with Crippen molar-refractivity contribution in [3.8, 4) is 0 Å². The maximum absolute atomic E-state index is 13.8. The molecular formula is C16H11BrF2N2. The monoisotopic (exact) mass is 348 g/mol. The van der Waals surface area contributed by atoms with Crippen molar-refractivity contribution in [3.63, 3.8) is 0 Å². The van der Waals surface area contributed by atoms with Gasteiger partial charge in [-0.15, -0.1) is 0 Å². The molecule has 0 amide bonds. The minimum Gasteiger partial charge on any atom is -0.378 e. The van der Waals surface area contributed by atoms with E-state index in [4.69, 9.17) is 0 Å². The molecule has 2 nitrogen and oxygen atoms in total. The summed E-state index contributed by atoms with van der Waals surface area (Å²) in [4.78, 5) is 4.08. The van der Waals surface area contributed by atoms with E-state index in [1.165, 1.54) is 6.07 Å². The molecule has 0 bridgehead atoms. The lowest BCUT2D eigenvalue weighted by molar-refractivity contribution is 0.583. The summed E-state index contributed by atoms with van der Waals surface area (Å²) in [6.07, 6.45) is 3.51. The number of hydrogen-bond donors (Lipinski definition) is 1. The van der Waals surface area contributed by atoms with Crippen molar-refractivity contribution in [2.75, 3.05) is 5.32 Å². The predicted molar refractivity (Wildman–Crippen MR) is 83.1 cm³/mol. The highest BCUT2D eigenvalue weighted by Crippen LogP contribution is 2.28. The molecule has 0 unspecified atom stereocenters. The van der Waals surface area contributed by atoms with E-state index in [0.717, 1.165) is 22.4 Å². The summed E-state index contributed by atoms with van der Waals surface area (Å²) in [5.41, 5.74) is 1.27. The average Bonchev–Trinajstić information content (AvgIpc) is 2.46. The van der Waals surface area contributed by atoms with Crippen molar-refractivity contribution in [2.24, 2.45) is 0 Å². The summed E-state index contributed by atoms with van der Waals surface area (Å²) in [6.45, 7) is 0.433. The second-order valence-corrected chi connectivity index (χ2v) is 5.47. The third-order valence-electron chi connectivity index (χ3n) is 3.23. The molecule has 1 heterocycles. The van der Waals surface area contributed by atoms with Crippen LogP contribution in [0.25, 0.3) is 10.8 Å². The van der Waals surface area contributed by atoms with Crippen LogP contribution in [-0.4, -0.2) is 4.98 Å².